The van der Waals surface area contributed by atoms with Gasteiger partial charge in [0.15, 0.2) is 11.5 Å². The summed E-state index contributed by atoms with van der Waals surface area (Å²) in [5.74, 6) is 2.22. The van der Waals surface area contributed by atoms with Gasteiger partial charge in [-0.25, -0.2) is 4.98 Å². The summed E-state index contributed by atoms with van der Waals surface area (Å²) in [7, 11) is 3.25. The maximum Gasteiger partial charge on any atom is 0.163 e. The van der Waals surface area contributed by atoms with Crippen molar-refractivity contribution in [3.63, 3.8) is 0 Å². The van der Waals surface area contributed by atoms with Crippen LogP contribution in [0.15, 0.2) is 36.4 Å². The summed E-state index contributed by atoms with van der Waals surface area (Å²) >= 11 is 2.31. The van der Waals surface area contributed by atoms with Crippen molar-refractivity contribution in [1.29, 1.82) is 0 Å². The van der Waals surface area contributed by atoms with Gasteiger partial charge in [-0.1, -0.05) is 18.2 Å². The first kappa shape index (κ1) is 13.2. The van der Waals surface area contributed by atoms with Gasteiger partial charge in [0.2, 0.25) is 0 Å². The number of imidazole rings is 1. The zero-order chi connectivity index (χ0) is 14.1. The third-order valence-electron chi connectivity index (χ3n) is 3.12. The molecule has 20 heavy (non-hydrogen) atoms. The summed E-state index contributed by atoms with van der Waals surface area (Å²) in [6.07, 6.45) is 0. The number of aromatic amines is 1. The van der Waals surface area contributed by atoms with Crippen molar-refractivity contribution in [2.75, 3.05) is 14.2 Å². The number of aromatic nitrogens is 2. The van der Waals surface area contributed by atoms with Crippen LogP contribution in [-0.2, 0) is 0 Å². The fourth-order valence-electron chi connectivity index (χ4n) is 2.12. The van der Waals surface area contributed by atoms with E-state index in [-0.39, 0.29) is 0 Å². The van der Waals surface area contributed by atoms with Crippen molar-refractivity contribution >= 4 is 33.6 Å². The first-order valence-corrected chi connectivity index (χ1v) is 7.17. The minimum atomic E-state index is 0.681. The van der Waals surface area contributed by atoms with Gasteiger partial charge in [0.05, 0.1) is 25.3 Å². The van der Waals surface area contributed by atoms with E-state index < -0.39 is 0 Å². The highest BCUT2D eigenvalue weighted by molar-refractivity contribution is 14.1. The molecule has 0 atom stereocenters. The number of fused-ring (bicyclic) bond motifs is 1. The van der Waals surface area contributed by atoms with Crippen LogP contribution in [0.5, 0.6) is 11.5 Å². The summed E-state index contributed by atoms with van der Waals surface area (Å²) in [6.45, 7) is 0. The molecule has 1 aromatic heterocycles. The lowest BCUT2D eigenvalue weighted by molar-refractivity contribution is 0.356. The predicted molar refractivity (Wildman–Crippen MR) is 87.4 cm³/mol. The van der Waals surface area contributed by atoms with E-state index in [1.54, 1.807) is 14.2 Å². The van der Waals surface area contributed by atoms with Gasteiger partial charge in [-0.15, -0.1) is 0 Å². The van der Waals surface area contributed by atoms with E-state index in [1.807, 2.05) is 30.3 Å². The Morgan fingerprint density at radius 1 is 1.05 bits per heavy atom. The molecule has 0 saturated carbocycles. The van der Waals surface area contributed by atoms with Gasteiger partial charge in [0.25, 0.3) is 0 Å². The second-order valence-corrected chi connectivity index (χ2v) is 5.45. The Kier molecular flexibility index (Phi) is 3.52. The van der Waals surface area contributed by atoms with Crippen LogP contribution >= 0.6 is 22.6 Å². The zero-order valence-corrected chi connectivity index (χ0v) is 13.3. The van der Waals surface area contributed by atoms with Crippen molar-refractivity contribution in [3.8, 4) is 22.9 Å². The molecule has 5 heteroatoms. The van der Waals surface area contributed by atoms with Crippen LogP contribution in [0, 0.1) is 3.57 Å². The van der Waals surface area contributed by atoms with E-state index in [0.29, 0.717) is 11.5 Å². The molecule has 0 aliphatic carbocycles. The number of nitrogens with one attached hydrogen (secondary N) is 1. The molecule has 3 rings (SSSR count). The van der Waals surface area contributed by atoms with E-state index >= 15 is 0 Å². The zero-order valence-electron chi connectivity index (χ0n) is 11.1. The molecule has 0 spiro atoms. The number of hydrogen-bond acceptors (Lipinski definition) is 3. The molecule has 0 radical (unpaired) electrons. The third-order valence-corrected chi connectivity index (χ3v) is 4.06. The first-order valence-electron chi connectivity index (χ1n) is 6.09. The smallest absolute Gasteiger partial charge is 0.163 e. The molecule has 0 saturated heterocycles. The number of halogens is 1. The Morgan fingerprint density at radius 3 is 2.45 bits per heavy atom. The molecule has 3 aromatic rings. The van der Waals surface area contributed by atoms with E-state index in [2.05, 4.69) is 38.6 Å². The van der Waals surface area contributed by atoms with Crippen molar-refractivity contribution in [2.24, 2.45) is 0 Å². The van der Waals surface area contributed by atoms with Crippen molar-refractivity contribution < 1.29 is 9.47 Å². The largest absolute Gasteiger partial charge is 0.493 e. The fraction of sp³-hybridized carbons (Fsp3) is 0.133. The lowest BCUT2D eigenvalue weighted by Gasteiger charge is -2.06. The maximum absolute atomic E-state index is 5.31. The molecule has 102 valence electrons. The number of H-pyrrole nitrogens is 1. The van der Waals surface area contributed by atoms with E-state index in [9.17, 15) is 0 Å². The van der Waals surface area contributed by atoms with Crippen molar-refractivity contribution in [3.05, 3.63) is 40.0 Å². The quantitative estimate of drug-likeness (QED) is 0.703. The molecular formula is C15H13IN2O2. The summed E-state index contributed by atoms with van der Waals surface area (Å²) in [5, 5.41) is 0. The van der Waals surface area contributed by atoms with Crippen LogP contribution in [0.2, 0.25) is 0 Å². The molecule has 1 N–H and O–H groups in total. The second-order valence-electron chi connectivity index (χ2n) is 4.29. The van der Waals surface area contributed by atoms with Crippen molar-refractivity contribution in [1.82, 2.24) is 9.97 Å². The lowest BCUT2D eigenvalue weighted by Crippen LogP contribution is -1.89. The first-order chi connectivity index (χ1) is 9.72. The van der Waals surface area contributed by atoms with Gasteiger partial charge in [0, 0.05) is 21.3 Å². The van der Waals surface area contributed by atoms with E-state index in [1.165, 1.54) is 0 Å². The molecule has 1 heterocycles. The Balaban J connectivity index is 2.18. The molecular weight excluding hydrogens is 367 g/mol. The molecule has 4 nitrogen and oxygen atoms in total. The Bertz CT molecular complexity index is 727. The highest BCUT2D eigenvalue weighted by atomic mass is 127. The van der Waals surface area contributed by atoms with Gasteiger partial charge in [-0.2, -0.15) is 0 Å². The number of methoxy groups -OCH3 is 2. The molecule has 0 amide bonds. The Hall–Kier alpha value is -1.76. The van der Waals surface area contributed by atoms with E-state index in [0.717, 1.165) is 26.0 Å². The normalized spacial score (nSPS) is 10.8. The highest BCUT2D eigenvalue weighted by Gasteiger charge is 2.12. The Morgan fingerprint density at radius 2 is 1.75 bits per heavy atom. The molecule has 0 unspecified atom stereocenters. The summed E-state index contributed by atoms with van der Waals surface area (Å²) in [5.41, 5.74) is 2.87. The summed E-state index contributed by atoms with van der Waals surface area (Å²) in [6, 6.07) is 11.9. The van der Waals surface area contributed by atoms with Gasteiger partial charge >= 0.3 is 0 Å². The second kappa shape index (κ2) is 5.32. The molecule has 0 aliphatic rings. The van der Waals surface area contributed by atoms with Crippen molar-refractivity contribution in [2.45, 2.75) is 0 Å². The standard InChI is InChI=1S/C15H13IN2O2/c1-19-13-7-11-12(8-14(13)20-2)18-15(17-11)9-5-3-4-6-10(9)16/h3-8H,1-2H3,(H,17,18). The average Bonchev–Trinajstić information content (AvgIpc) is 2.88. The minimum absolute atomic E-state index is 0.681. The fourth-order valence-corrected chi connectivity index (χ4v) is 2.76. The molecule has 2 aromatic carbocycles. The van der Waals surface area contributed by atoms with E-state index in [4.69, 9.17) is 9.47 Å². The lowest BCUT2D eigenvalue weighted by atomic mass is 10.2. The van der Waals surface area contributed by atoms with Crippen LogP contribution in [0.1, 0.15) is 0 Å². The van der Waals surface area contributed by atoms with Gasteiger partial charge < -0.3 is 14.5 Å². The van der Waals surface area contributed by atoms with Crippen LogP contribution in [0.4, 0.5) is 0 Å². The topological polar surface area (TPSA) is 47.1 Å². The third kappa shape index (κ3) is 2.22. The van der Waals surface area contributed by atoms with Gasteiger partial charge in [-0.3, -0.25) is 0 Å². The summed E-state index contributed by atoms with van der Waals surface area (Å²) in [4.78, 5) is 7.96. The SMILES string of the molecule is COc1cc2nc(-c3ccccc3I)[nH]c2cc1OC. The molecule has 0 aliphatic heterocycles. The number of nitrogens with zero attached hydrogens (tertiary/aromatic N) is 1. The van der Waals surface area contributed by atoms with Crippen LogP contribution in [0.3, 0.4) is 0 Å². The van der Waals surface area contributed by atoms with Crippen LogP contribution < -0.4 is 9.47 Å². The number of hydrogen-bond donors (Lipinski definition) is 1. The minimum Gasteiger partial charge on any atom is -0.493 e. The maximum atomic E-state index is 5.31. The number of benzene rings is 2. The number of rotatable bonds is 3. The Labute approximate surface area is 130 Å². The predicted octanol–water partition coefficient (Wildman–Crippen LogP) is 3.85. The molecule has 0 fully saturated rings. The number of ether oxygens (including phenoxy) is 2. The average molecular weight is 380 g/mol. The van der Waals surface area contributed by atoms with Gasteiger partial charge in [-0.05, 0) is 28.7 Å². The van der Waals surface area contributed by atoms with Crippen LogP contribution in [0.25, 0.3) is 22.4 Å². The molecule has 0 bridgehead atoms. The van der Waals surface area contributed by atoms with Crippen LogP contribution in [-0.4, -0.2) is 24.2 Å². The summed E-state index contributed by atoms with van der Waals surface area (Å²) < 4.78 is 11.8. The monoisotopic (exact) mass is 380 g/mol. The van der Waals surface area contributed by atoms with Gasteiger partial charge in [0.1, 0.15) is 5.82 Å². The highest BCUT2D eigenvalue weighted by Crippen LogP contribution is 2.33.